The summed E-state index contributed by atoms with van der Waals surface area (Å²) in [5.41, 5.74) is 10.0. The Morgan fingerprint density at radius 1 is 0.614 bits per heavy atom. The van der Waals surface area contributed by atoms with Crippen LogP contribution in [-0.4, -0.2) is 25.0 Å². The summed E-state index contributed by atoms with van der Waals surface area (Å²) in [4.78, 5) is 27.7. The number of para-hydroxylation sites is 1. The van der Waals surface area contributed by atoms with Crippen LogP contribution >= 0.6 is 0 Å². The minimum atomic E-state index is -0.685. The van der Waals surface area contributed by atoms with Gasteiger partial charge in [0.25, 0.3) is 11.1 Å². The number of rotatable bonds is 7. The molecule has 4 N–H and O–H groups in total. The molecule has 0 radical (unpaired) electrons. The molecule has 44 heavy (non-hydrogen) atoms. The van der Waals surface area contributed by atoms with Gasteiger partial charge >= 0.3 is 0 Å². The third kappa shape index (κ3) is 4.72. The predicted octanol–water partition coefficient (Wildman–Crippen LogP) is 7.16. The molecule has 7 nitrogen and oxygen atoms in total. The average Bonchev–Trinajstić information content (AvgIpc) is 3.72. The van der Waals surface area contributed by atoms with Gasteiger partial charge in [0.2, 0.25) is 0 Å². The molecule has 0 amide bonds. The second kappa shape index (κ2) is 10.9. The number of hydrogen-bond acceptors (Lipinski definition) is 2. The number of fused-ring (bicyclic) bond motifs is 1. The van der Waals surface area contributed by atoms with Gasteiger partial charge in [-0.2, -0.15) is 0 Å². The molecule has 0 saturated heterocycles. The van der Waals surface area contributed by atoms with E-state index in [-0.39, 0.29) is 11.1 Å². The summed E-state index contributed by atoms with van der Waals surface area (Å²) in [5, 5.41) is 13.0. The number of aryl methyl sites for hydroxylation is 3. The van der Waals surface area contributed by atoms with Gasteiger partial charge in [-0.25, -0.2) is 0 Å². The van der Waals surface area contributed by atoms with Crippen molar-refractivity contribution in [2.24, 2.45) is 0 Å². The molecule has 0 aliphatic rings. The van der Waals surface area contributed by atoms with Crippen LogP contribution in [0.5, 0.6) is 0 Å². The van der Waals surface area contributed by atoms with E-state index in [0.717, 1.165) is 38.7 Å². The number of hydrogen-bond donors (Lipinski definition) is 4. The zero-order chi connectivity index (χ0) is 30.4. The molecule has 0 aliphatic heterocycles. The Morgan fingerprint density at radius 3 is 1.70 bits per heavy atom. The van der Waals surface area contributed by atoms with Crippen LogP contribution in [0.25, 0.3) is 33.4 Å². The summed E-state index contributed by atoms with van der Waals surface area (Å²) >= 11 is 0. The highest BCUT2D eigenvalue weighted by Crippen LogP contribution is 2.41. The van der Waals surface area contributed by atoms with E-state index in [9.17, 15) is 9.59 Å². The molecule has 3 aromatic heterocycles. The Hall–Kier alpha value is -5.56. The van der Waals surface area contributed by atoms with Gasteiger partial charge in [-0.3, -0.25) is 30.0 Å². The fraction of sp³-hybridized carbons (Fsp3) is 0.135. The van der Waals surface area contributed by atoms with Crippen molar-refractivity contribution in [1.82, 2.24) is 25.0 Å². The SMILES string of the molecule is Cc1ccc(-c2[nH][nH]c(=O)c2C(c2c(-c3ccc(C)cc3)[nH][nH]c2=O)c2cn(Cc3ccccc3C)c3ccccc23)cc1. The van der Waals surface area contributed by atoms with E-state index in [1.807, 2.05) is 80.6 Å². The lowest BCUT2D eigenvalue weighted by atomic mass is 9.83. The van der Waals surface area contributed by atoms with Crippen LogP contribution in [-0.2, 0) is 6.54 Å². The summed E-state index contributed by atoms with van der Waals surface area (Å²) in [6, 6.07) is 32.6. The summed E-state index contributed by atoms with van der Waals surface area (Å²) in [5.74, 6) is -0.685. The van der Waals surface area contributed by atoms with Crippen molar-refractivity contribution in [3.63, 3.8) is 0 Å². The Bertz CT molecular complexity index is 2130. The minimum absolute atomic E-state index is 0.267. The number of nitrogens with zero attached hydrogens (tertiary/aromatic N) is 1. The monoisotopic (exact) mass is 579 g/mol. The minimum Gasteiger partial charge on any atom is -0.343 e. The quantitative estimate of drug-likeness (QED) is 0.161. The first kappa shape index (κ1) is 27.3. The molecular formula is C37H33N5O2. The lowest BCUT2D eigenvalue weighted by Crippen LogP contribution is -2.20. The summed E-state index contributed by atoms with van der Waals surface area (Å²) < 4.78 is 2.22. The first-order chi connectivity index (χ1) is 21.4. The van der Waals surface area contributed by atoms with Gasteiger partial charge in [0.15, 0.2) is 0 Å². The van der Waals surface area contributed by atoms with Gasteiger partial charge in [-0.05, 0) is 54.7 Å². The second-order valence-electron chi connectivity index (χ2n) is 11.6. The largest absolute Gasteiger partial charge is 0.343 e. The molecule has 0 aliphatic carbocycles. The molecule has 7 rings (SSSR count). The van der Waals surface area contributed by atoms with Crippen molar-refractivity contribution in [2.75, 3.05) is 0 Å². The van der Waals surface area contributed by atoms with Crippen LogP contribution in [0.15, 0.2) is 113 Å². The topological polar surface area (TPSA) is 102 Å². The maximum absolute atomic E-state index is 13.9. The third-order valence-corrected chi connectivity index (χ3v) is 8.62. The van der Waals surface area contributed by atoms with Gasteiger partial charge in [-0.1, -0.05) is 102 Å². The highest BCUT2D eigenvalue weighted by molar-refractivity contribution is 5.87. The van der Waals surface area contributed by atoms with Gasteiger partial charge in [0, 0.05) is 23.6 Å². The first-order valence-corrected chi connectivity index (χ1v) is 14.8. The van der Waals surface area contributed by atoms with Crippen LogP contribution in [0.2, 0.25) is 0 Å². The summed E-state index contributed by atoms with van der Waals surface area (Å²) in [6.07, 6.45) is 2.11. The Kier molecular flexibility index (Phi) is 6.78. The smallest absolute Gasteiger partial charge is 0.268 e. The molecule has 7 heteroatoms. The standard InChI is InChI=1S/C37H33N5O2/c1-22-12-16-25(17-13-22)34-32(36(43)40-38-34)31(33-35(39-41-37(33)44)26-18-14-23(2)15-19-26)29-21-42(30-11-7-6-10-28(29)30)20-27-9-5-4-8-24(27)3/h4-19,21,31H,20H2,1-3H3,(H2,38,40,43)(H2,39,41,44). The molecule has 0 atom stereocenters. The normalized spacial score (nSPS) is 11.5. The zero-order valence-electron chi connectivity index (χ0n) is 24.9. The number of nitrogens with one attached hydrogen (secondary N) is 4. The van der Waals surface area contributed by atoms with Crippen molar-refractivity contribution >= 4 is 10.9 Å². The molecule has 0 fully saturated rings. The van der Waals surface area contributed by atoms with E-state index in [4.69, 9.17) is 0 Å². The number of aromatic nitrogens is 5. The van der Waals surface area contributed by atoms with E-state index < -0.39 is 5.92 Å². The van der Waals surface area contributed by atoms with Gasteiger partial charge in [-0.15, -0.1) is 0 Å². The average molecular weight is 580 g/mol. The first-order valence-electron chi connectivity index (χ1n) is 14.8. The molecule has 3 heterocycles. The molecule has 4 aromatic carbocycles. The van der Waals surface area contributed by atoms with E-state index >= 15 is 0 Å². The van der Waals surface area contributed by atoms with Crippen LogP contribution in [0, 0.1) is 20.8 Å². The second-order valence-corrected chi connectivity index (χ2v) is 11.6. The fourth-order valence-electron chi connectivity index (χ4n) is 6.24. The molecule has 218 valence electrons. The third-order valence-electron chi connectivity index (χ3n) is 8.62. The fourth-order valence-corrected chi connectivity index (χ4v) is 6.24. The summed E-state index contributed by atoms with van der Waals surface area (Å²) in [6.45, 7) is 6.83. The van der Waals surface area contributed by atoms with Crippen LogP contribution in [0.1, 0.15) is 44.9 Å². The van der Waals surface area contributed by atoms with E-state index in [1.165, 1.54) is 11.1 Å². The maximum atomic E-state index is 13.9. The van der Waals surface area contributed by atoms with E-state index in [0.29, 0.717) is 29.1 Å². The van der Waals surface area contributed by atoms with Gasteiger partial charge in [0.1, 0.15) is 0 Å². The van der Waals surface area contributed by atoms with Crippen LogP contribution in [0.4, 0.5) is 0 Å². The highest BCUT2D eigenvalue weighted by atomic mass is 16.1. The van der Waals surface area contributed by atoms with Crippen LogP contribution < -0.4 is 11.1 Å². The Balaban J connectivity index is 1.52. The molecule has 0 spiro atoms. The lowest BCUT2D eigenvalue weighted by molar-refractivity contribution is 0.819. The zero-order valence-corrected chi connectivity index (χ0v) is 24.9. The molecule has 0 saturated carbocycles. The van der Waals surface area contributed by atoms with E-state index in [2.05, 4.69) is 68.4 Å². The van der Waals surface area contributed by atoms with Crippen molar-refractivity contribution in [1.29, 1.82) is 0 Å². The highest BCUT2D eigenvalue weighted by Gasteiger charge is 2.33. The van der Waals surface area contributed by atoms with Crippen molar-refractivity contribution < 1.29 is 0 Å². The van der Waals surface area contributed by atoms with Crippen LogP contribution in [0.3, 0.4) is 0 Å². The maximum Gasteiger partial charge on any atom is 0.268 e. The molecule has 7 aromatic rings. The molecule has 0 unspecified atom stereocenters. The number of benzene rings is 4. The van der Waals surface area contributed by atoms with Gasteiger partial charge < -0.3 is 4.57 Å². The molecular weight excluding hydrogens is 546 g/mol. The number of aromatic amines is 4. The Morgan fingerprint density at radius 2 is 1.14 bits per heavy atom. The van der Waals surface area contributed by atoms with Crippen molar-refractivity contribution in [3.8, 4) is 22.5 Å². The molecule has 0 bridgehead atoms. The Labute approximate surface area is 254 Å². The van der Waals surface area contributed by atoms with E-state index in [1.54, 1.807) is 0 Å². The number of H-pyrrole nitrogens is 4. The van der Waals surface area contributed by atoms with Gasteiger partial charge in [0.05, 0.1) is 28.4 Å². The lowest BCUT2D eigenvalue weighted by Gasteiger charge is -2.17. The predicted molar refractivity (Wildman–Crippen MR) is 176 cm³/mol. The van der Waals surface area contributed by atoms with Crippen molar-refractivity contribution in [3.05, 3.63) is 163 Å². The van der Waals surface area contributed by atoms with Crippen molar-refractivity contribution in [2.45, 2.75) is 33.2 Å². The summed E-state index contributed by atoms with van der Waals surface area (Å²) in [7, 11) is 0.